The Morgan fingerprint density at radius 2 is 1.48 bits per heavy atom. The van der Waals surface area contributed by atoms with Crippen molar-refractivity contribution in [3.8, 4) is 22.5 Å². The van der Waals surface area contributed by atoms with Gasteiger partial charge in [0, 0.05) is 28.9 Å². The van der Waals surface area contributed by atoms with E-state index in [1.165, 1.54) is 5.56 Å². The van der Waals surface area contributed by atoms with Crippen LogP contribution in [0.4, 0.5) is 0 Å². The van der Waals surface area contributed by atoms with Gasteiger partial charge in [-0.15, -0.1) is 0 Å². The van der Waals surface area contributed by atoms with Crippen molar-refractivity contribution in [3.63, 3.8) is 0 Å². The van der Waals surface area contributed by atoms with E-state index >= 15 is 0 Å². The molecule has 3 nitrogen and oxygen atoms in total. The maximum absolute atomic E-state index is 4.90. The molecule has 0 atom stereocenters. The molecule has 2 aromatic heterocycles. The van der Waals surface area contributed by atoms with Gasteiger partial charge in [0.05, 0.1) is 11.0 Å². The van der Waals surface area contributed by atoms with Gasteiger partial charge in [-0.2, -0.15) is 0 Å². The molecule has 5 aromatic rings. The van der Waals surface area contributed by atoms with Gasteiger partial charge in [0.2, 0.25) is 0 Å². The molecule has 0 aliphatic heterocycles. The highest BCUT2D eigenvalue weighted by Crippen LogP contribution is 2.34. The molecule has 0 saturated carbocycles. The Hall–Kier alpha value is -3.46. The fourth-order valence-electron chi connectivity index (χ4n) is 3.30. The van der Waals surface area contributed by atoms with E-state index in [-0.39, 0.29) is 0 Å². The van der Waals surface area contributed by atoms with Crippen LogP contribution in [0.1, 0.15) is 0 Å². The maximum atomic E-state index is 4.90. The molecule has 0 saturated heterocycles. The summed E-state index contributed by atoms with van der Waals surface area (Å²) in [5.41, 5.74) is 5.42. The van der Waals surface area contributed by atoms with Crippen molar-refractivity contribution < 1.29 is 0 Å². The number of nitrogens with one attached hydrogen (secondary N) is 1. The number of rotatable bonds is 2. The molecule has 0 spiro atoms. The third kappa shape index (κ3) is 2.29. The van der Waals surface area contributed by atoms with Crippen molar-refractivity contribution in [2.24, 2.45) is 0 Å². The number of pyridine rings is 1. The molecule has 0 bridgehead atoms. The first-order valence-electron chi connectivity index (χ1n) is 8.27. The minimum absolute atomic E-state index is 0.879. The monoisotopic (exact) mass is 321 g/mol. The molecule has 5 rings (SSSR count). The predicted octanol–water partition coefficient (Wildman–Crippen LogP) is 5.45. The lowest BCUT2D eigenvalue weighted by Crippen LogP contribution is -1.84. The number of hydrogen-bond acceptors (Lipinski definition) is 2. The van der Waals surface area contributed by atoms with E-state index in [0.29, 0.717) is 0 Å². The second-order valence-electron chi connectivity index (χ2n) is 6.06. The molecule has 3 aromatic carbocycles. The molecule has 0 radical (unpaired) electrons. The van der Waals surface area contributed by atoms with Gasteiger partial charge in [-0.05, 0) is 23.1 Å². The zero-order valence-corrected chi connectivity index (χ0v) is 13.5. The quantitative estimate of drug-likeness (QED) is 0.470. The predicted molar refractivity (Wildman–Crippen MR) is 102 cm³/mol. The van der Waals surface area contributed by atoms with E-state index in [4.69, 9.17) is 4.98 Å². The Morgan fingerprint density at radius 1 is 0.760 bits per heavy atom. The number of H-pyrrole nitrogens is 1. The van der Waals surface area contributed by atoms with E-state index in [9.17, 15) is 0 Å². The van der Waals surface area contributed by atoms with E-state index in [1.54, 1.807) is 0 Å². The number of hydrogen-bond donors (Lipinski definition) is 1. The van der Waals surface area contributed by atoms with Crippen molar-refractivity contribution in [1.82, 2.24) is 15.0 Å². The van der Waals surface area contributed by atoms with Gasteiger partial charge in [0.1, 0.15) is 5.82 Å². The lowest BCUT2D eigenvalue weighted by molar-refractivity contribution is 1.33. The molecule has 0 fully saturated rings. The largest absolute Gasteiger partial charge is 0.337 e. The van der Waals surface area contributed by atoms with Crippen molar-refractivity contribution in [1.29, 1.82) is 0 Å². The molecular weight excluding hydrogens is 306 g/mol. The second kappa shape index (κ2) is 5.56. The van der Waals surface area contributed by atoms with Crippen LogP contribution in [0, 0.1) is 0 Å². The van der Waals surface area contributed by atoms with Gasteiger partial charge in [-0.1, -0.05) is 60.7 Å². The highest BCUT2D eigenvalue weighted by molar-refractivity contribution is 6.11. The Bertz CT molecular complexity index is 1180. The van der Waals surface area contributed by atoms with Crippen LogP contribution in [0.5, 0.6) is 0 Å². The van der Waals surface area contributed by atoms with Crippen LogP contribution in [-0.2, 0) is 0 Å². The number of aromatic amines is 1. The van der Waals surface area contributed by atoms with E-state index in [2.05, 4.69) is 52.4 Å². The third-order valence-electron chi connectivity index (χ3n) is 4.51. The van der Waals surface area contributed by atoms with Crippen molar-refractivity contribution in [2.45, 2.75) is 0 Å². The molecular formula is C22H15N3. The van der Waals surface area contributed by atoms with E-state index in [1.807, 2.05) is 42.7 Å². The number of imidazole rings is 1. The average molecular weight is 321 g/mol. The molecule has 0 aliphatic carbocycles. The van der Waals surface area contributed by atoms with Gasteiger partial charge < -0.3 is 4.98 Å². The Morgan fingerprint density at radius 3 is 2.24 bits per heavy atom. The smallest absolute Gasteiger partial charge is 0.138 e. The minimum Gasteiger partial charge on any atom is -0.337 e. The SMILES string of the molecule is c1ccc(-c2nc3c([nH]2)c(-c2ccccc2)cc2ccncc23)cc1. The van der Waals surface area contributed by atoms with Crippen molar-refractivity contribution in [3.05, 3.63) is 85.2 Å². The highest BCUT2D eigenvalue weighted by Gasteiger charge is 2.14. The van der Waals surface area contributed by atoms with Crippen LogP contribution in [0.2, 0.25) is 0 Å². The van der Waals surface area contributed by atoms with Crippen LogP contribution in [-0.4, -0.2) is 15.0 Å². The number of fused-ring (bicyclic) bond motifs is 3. The first kappa shape index (κ1) is 13.9. The van der Waals surface area contributed by atoms with Crippen LogP contribution in [0.15, 0.2) is 85.2 Å². The van der Waals surface area contributed by atoms with Gasteiger partial charge in [-0.3, -0.25) is 4.98 Å². The zero-order chi connectivity index (χ0) is 16.6. The molecule has 0 unspecified atom stereocenters. The highest BCUT2D eigenvalue weighted by atomic mass is 14.9. The minimum atomic E-state index is 0.879. The normalized spacial score (nSPS) is 11.2. The Balaban J connectivity index is 1.88. The zero-order valence-electron chi connectivity index (χ0n) is 13.5. The number of nitrogens with zero attached hydrogens (tertiary/aromatic N) is 2. The van der Waals surface area contributed by atoms with Gasteiger partial charge in [0.15, 0.2) is 0 Å². The lowest BCUT2D eigenvalue weighted by Gasteiger charge is -2.06. The fraction of sp³-hybridized carbons (Fsp3) is 0. The molecule has 0 amide bonds. The average Bonchev–Trinajstić information content (AvgIpc) is 3.14. The van der Waals surface area contributed by atoms with Gasteiger partial charge >= 0.3 is 0 Å². The third-order valence-corrected chi connectivity index (χ3v) is 4.51. The van der Waals surface area contributed by atoms with Crippen LogP contribution in [0.3, 0.4) is 0 Å². The Kier molecular flexibility index (Phi) is 3.10. The first-order valence-corrected chi connectivity index (χ1v) is 8.27. The van der Waals surface area contributed by atoms with Crippen molar-refractivity contribution in [2.75, 3.05) is 0 Å². The van der Waals surface area contributed by atoms with Crippen LogP contribution < -0.4 is 0 Å². The molecule has 3 heteroatoms. The molecule has 2 heterocycles. The summed E-state index contributed by atoms with van der Waals surface area (Å²) in [6.07, 6.45) is 3.72. The molecule has 0 aliphatic rings. The van der Waals surface area contributed by atoms with Crippen molar-refractivity contribution >= 4 is 21.8 Å². The summed E-state index contributed by atoms with van der Waals surface area (Å²) in [7, 11) is 0. The standard InChI is InChI=1S/C22H15N3/c1-3-7-15(8-4-1)18-13-17-11-12-23-14-19(17)21-20(18)24-22(25-21)16-9-5-2-6-10-16/h1-14H,(H,24,25). The summed E-state index contributed by atoms with van der Waals surface area (Å²) < 4.78 is 0. The first-order chi connectivity index (χ1) is 12.4. The topological polar surface area (TPSA) is 41.6 Å². The summed E-state index contributed by atoms with van der Waals surface area (Å²) >= 11 is 0. The summed E-state index contributed by atoms with van der Waals surface area (Å²) in [4.78, 5) is 12.7. The van der Waals surface area contributed by atoms with Crippen LogP contribution in [0.25, 0.3) is 44.3 Å². The van der Waals surface area contributed by atoms with E-state index < -0.39 is 0 Å². The summed E-state index contributed by atoms with van der Waals surface area (Å²) in [6.45, 7) is 0. The maximum Gasteiger partial charge on any atom is 0.138 e. The van der Waals surface area contributed by atoms with Gasteiger partial charge in [0.25, 0.3) is 0 Å². The molecule has 1 N–H and O–H groups in total. The van der Waals surface area contributed by atoms with Gasteiger partial charge in [-0.25, -0.2) is 4.98 Å². The fourth-order valence-corrected chi connectivity index (χ4v) is 3.30. The summed E-state index contributed by atoms with van der Waals surface area (Å²) in [5.74, 6) is 0.879. The van der Waals surface area contributed by atoms with Crippen LogP contribution >= 0.6 is 0 Å². The molecule has 25 heavy (non-hydrogen) atoms. The summed E-state index contributed by atoms with van der Waals surface area (Å²) in [5, 5.41) is 2.21. The summed E-state index contributed by atoms with van der Waals surface area (Å²) in [6, 6.07) is 24.9. The number of aromatic nitrogens is 3. The lowest BCUT2D eigenvalue weighted by atomic mass is 10.0. The second-order valence-corrected chi connectivity index (χ2v) is 6.06. The number of benzene rings is 3. The Labute approximate surface area is 145 Å². The molecule has 118 valence electrons. The van der Waals surface area contributed by atoms with E-state index in [0.717, 1.165) is 38.8 Å².